The molecule has 1 aliphatic carbocycles. The molecule has 2 aromatic carbocycles. The number of anilines is 1. The van der Waals surface area contributed by atoms with Crippen LogP contribution >= 0.6 is 0 Å². The minimum Gasteiger partial charge on any atom is -0.385 e. The van der Waals surface area contributed by atoms with E-state index < -0.39 is 5.60 Å². The molecule has 1 aliphatic heterocycles. The van der Waals surface area contributed by atoms with Crippen molar-refractivity contribution in [2.24, 2.45) is 5.92 Å². The number of ether oxygens (including phenoxy) is 2. The summed E-state index contributed by atoms with van der Waals surface area (Å²) >= 11 is 0. The Morgan fingerprint density at radius 3 is 2.68 bits per heavy atom. The largest absolute Gasteiger partial charge is 0.385 e. The molecule has 2 N–H and O–H groups in total. The summed E-state index contributed by atoms with van der Waals surface area (Å²) in [6.07, 6.45) is 3.04. The molecule has 4 nitrogen and oxygen atoms in total. The van der Waals surface area contributed by atoms with Crippen LogP contribution < -0.4 is 5.32 Å². The Bertz CT molecular complexity index is 754. The molecule has 2 fully saturated rings. The number of hydrogen-bond donors (Lipinski definition) is 2. The zero-order valence-corrected chi connectivity index (χ0v) is 16.0. The third-order valence-electron chi connectivity index (χ3n) is 6.00. The van der Waals surface area contributed by atoms with Crippen molar-refractivity contribution in [3.63, 3.8) is 0 Å². The SMILES string of the molecule is O[C@]12CCCOC1C(COCc1ccccc1)CC[C@H]2Nc1ccc(F)cc1. The highest BCUT2D eigenvalue weighted by Gasteiger charge is 2.52. The Kier molecular flexibility index (Phi) is 5.95. The van der Waals surface area contributed by atoms with E-state index >= 15 is 0 Å². The summed E-state index contributed by atoms with van der Waals surface area (Å²) in [6, 6.07) is 16.3. The highest BCUT2D eigenvalue weighted by Crippen LogP contribution is 2.42. The summed E-state index contributed by atoms with van der Waals surface area (Å²) in [6.45, 7) is 1.82. The van der Waals surface area contributed by atoms with Crippen LogP contribution in [0, 0.1) is 11.7 Å². The second-order valence-corrected chi connectivity index (χ2v) is 7.93. The van der Waals surface area contributed by atoms with Gasteiger partial charge < -0.3 is 19.9 Å². The maximum Gasteiger partial charge on any atom is 0.123 e. The van der Waals surface area contributed by atoms with Gasteiger partial charge in [-0.1, -0.05) is 30.3 Å². The quantitative estimate of drug-likeness (QED) is 0.785. The first-order chi connectivity index (χ1) is 13.6. The van der Waals surface area contributed by atoms with Crippen molar-refractivity contribution in [3.8, 4) is 0 Å². The summed E-state index contributed by atoms with van der Waals surface area (Å²) in [7, 11) is 0. The van der Waals surface area contributed by atoms with Gasteiger partial charge >= 0.3 is 0 Å². The molecular weight excluding hydrogens is 357 g/mol. The first-order valence-corrected chi connectivity index (χ1v) is 10.1. The number of nitrogens with one attached hydrogen (secondary N) is 1. The number of fused-ring (bicyclic) bond motifs is 1. The van der Waals surface area contributed by atoms with E-state index in [4.69, 9.17) is 9.47 Å². The van der Waals surface area contributed by atoms with Crippen molar-refractivity contribution >= 4 is 5.69 Å². The molecular formula is C23H28FNO3. The monoisotopic (exact) mass is 385 g/mol. The van der Waals surface area contributed by atoms with Crippen LogP contribution in [0.5, 0.6) is 0 Å². The molecule has 0 radical (unpaired) electrons. The van der Waals surface area contributed by atoms with Crippen molar-refractivity contribution in [1.82, 2.24) is 0 Å². The summed E-state index contributed by atoms with van der Waals surface area (Å²) < 4.78 is 25.2. The van der Waals surface area contributed by atoms with E-state index in [9.17, 15) is 9.50 Å². The first-order valence-electron chi connectivity index (χ1n) is 10.1. The van der Waals surface area contributed by atoms with E-state index in [0.29, 0.717) is 26.2 Å². The topological polar surface area (TPSA) is 50.7 Å². The fourth-order valence-corrected chi connectivity index (χ4v) is 4.57. The van der Waals surface area contributed by atoms with E-state index in [-0.39, 0.29) is 23.9 Å². The van der Waals surface area contributed by atoms with Gasteiger partial charge in [-0.25, -0.2) is 4.39 Å². The Labute approximate surface area is 165 Å². The molecule has 0 spiro atoms. The molecule has 1 heterocycles. The molecule has 1 saturated heterocycles. The van der Waals surface area contributed by atoms with Crippen LogP contribution in [-0.2, 0) is 16.1 Å². The fourth-order valence-electron chi connectivity index (χ4n) is 4.57. The molecule has 4 rings (SSSR count). The first kappa shape index (κ1) is 19.4. The number of halogens is 1. The highest BCUT2D eigenvalue weighted by atomic mass is 19.1. The second kappa shape index (κ2) is 8.60. The lowest BCUT2D eigenvalue weighted by atomic mass is 9.69. The van der Waals surface area contributed by atoms with Crippen LogP contribution in [0.4, 0.5) is 10.1 Å². The van der Waals surface area contributed by atoms with Crippen molar-refractivity contribution < 1.29 is 19.0 Å². The molecule has 0 aromatic heterocycles. The lowest BCUT2D eigenvalue weighted by Crippen LogP contribution is -2.64. The number of rotatable bonds is 6. The van der Waals surface area contributed by atoms with Gasteiger partial charge in [0.1, 0.15) is 11.4 Å². The lowest BCUT2D eigenvalue weighted by molar-refractivity contribution is -0.198. The van der Waals surface area contributed by atoms with Crippen LogP contribution in [0.15, 0.2) is 54.6 Å². The van der Waals surface area contributed by atoms with Crippen molar-refractivity contribution in [1.29, 1.82) is 0 Å². The van der Waals surface area contributed by atoms with Crippen LogP contribution in [-0.4, -0.2) is 36.1 Å². The predicted octanol–water partition coefficient (Wildman–Crippen LogP) is 4.14. The number of aliphatic hydroxyl groups is 1. The lowest BCUT2D eigenvalue weighted by Gasteiger charge is -2.51. The minimum atomic E-state index is -0.939. The van der Waals surface area contributed by atoms with E-state index in [1.165, 1.54) is 12.1 Å². The standard InChI is InChI=1S/C23H28FNO3/c24-19-8-10-20(11-9-19)25-21-12-7-18(22-23(21,26)13-4-14-28-22)16-27-15-17-5-2-1-3-6-17/h1-3,5-6,8-11,18,21-22,25-26H,4,7,12-16H2/t18?,21-,22?,23+/m1/s1. The van der Waals surface area contributed by atoms with Gasteiger partial charge in [0.2, 0.25) is 0 Å². The Hall–Kier alpha value is -1.95. The van der Waals surface area contributed by atoms with Crippen molar-refractivity contribution in [3.05, 3.63) is 66.0 Å². The van der Waals surface area contributed by atoms with E-state index in [2.05, 4.69) is 17.4 Å². The van der Waals surface area contributed by atoms with E-state index in [1.54, 1.807) is 12.1 Å². The molecule has 2 unspecified atom stereocenters. The molecule has 1 saturated carbocycles. The molecule has 0 amide bonds. The van der Waals surface area contributed by atoms with E-state index in [1.807, 2.05) is 18.2 Å². The minimum absolute atomic E-state index is 0.117. The Morgan fingerprint density at radius 2 is 1.89 bits per heavy atom. The van der Waals surface area contributed by atoms with Gasteiger partial charge in [0.25, 0.3) is 0 Å². The van der Waals surface area contributed by atoms with Crippen LogP contribution in [0.1, 0.15) is 31.2 Å². The van der Waals surface area contributed by atoms with Gasteiger partial charge in [-0.2, -0.15) is 0 Å². The molecule has 150 valence electrons. The zero-order valence-electron chi connectivity index (χ0n) is 16.0. The zero-order chi connectivity index (χ0) is 19.4. The Morgan fingerprint density at radius 1 is 1.11 bits per heavy atom. The molecule has 4 atom stereocenters. The van der Waals surface area contributed by atoms with Crippen LogP contribution in [0.25, 0.3) is 0 Å². The van der Waals surface area contributed by atoms with Crippen molar-refractivity contribution in [2.45, 2.75) is 50.0 Å². The molecule has 0 bridgehead atoms. The molecule has 5 heteroatoms. The van der Waals surface area contributed by atoms with E-state index in [0.717, 1.165) is 30.5 Å². The highest BCUT2D eigenvalue weighted by molar-refractivity contribution is 5.45. The van der Waals surface area contributed by atoms with Crippen LogP contribution in [0.3, 0.4) is 0 Å². The molecule has 28 heavy (non-hydrogen) atoms. The third kappa shape index (κ3) is 4.22. The smallest absolute Gasteiger partial charge is 0.123 e. The van der Waals surface area contributed by atoms with Gasteiger partial charge in [-0.05, 0) is 55.5 Å². The summed E-state index contributed by atoms with van der Waals surface area (Å²) in [5.74, 6) is -0.0947. The molecule has 2 aliphatic rings. The van der Waals surface area contributed by atoms with Gasteiger partial charge in [-0.3, -0.25) is 0 Å². The summed E-state index contributed by atoms with van der Waals surface area (Å²) in [4.78, 5) is 0. The maximum absolute atomic E-state index is 13.2. The van der Waals surface area contributed by atoms with Crippen molar-refractivity contribution in [2.75, 3.05) is 18.5 Å². The third-order valence-corrected chi connectivity index (χ3v) is 6.00. The fraction of sp³-hybridized carbons (Fsp3) is 0.478. The predicted molar refractivity (Wildman–Crippen MR) is 107 cm³/mol. The van der Waals surface area contributed by atoms with Gasteiger partial charge in [0, 0.05) is 18.2 Å². The maximum atomic E-state index is 13.2. The van der Waals surface area contributed by atoms with Gasteiger partial charge in [0.05, 0.1) is 25.4 Å². The summed E-state index contributed by atoms with van der Waals surface area (Å²) in [5.41, 5.74) is 1.03. The van der Waals surface area contributed by atoms with Gasteiger partial charge in [0.15, 0.2) is 0 Å². The summed E-state index contributed by atoms with van der Waals surface area (Å²) in [5, 5.41) is 14.9. The second-order valence-electron chi connectivity index (χ2n) is 7.93. The van der Waals surface area contributed by atoms with Gasteiger partial charge in [-0.15, -0.1) is 0 Å². The average Bonchev–Trinajstić information content (AvgIpc) is 2.72. The molecule has 2 aromatic rings. The number of hydrogen-bond acceptors (Lipinski definition) is 4. The number of benzene rings is 2. The Balaban J connectivity index is 1.41. The average molecular weight is 385 g/mol. The normalized spacial score (nSPS) is 29.9. The van der Waals surface area contributed by atoms with Crippen LogP contribution in [0.2, 0.25) is 0 Å².